The summed E-state index contributed by atoms with van der Waals surface area (Å²) in [5, 5.41) is 8.75. The predicted octanol–water partition coefficient (Wildman–Crippen LogP) is 5.89. The number of nitrogens with zero attached hydrogens (tertiary/aromatic N) is 2. The van der Waals surface area contributed by atoms with E-state index in [4.69, 9.17) is 4.74 Å². The third-order valence-electron chi connectivity index (χ3n) is 5.90. The van der Waals surface area contributed by atoms with E-state index in [1.54, 1.807) is 13.1 Å². The molecule has 0 radical (unpaired) electrons. The zero-order valence-corrected chi connectivity index (χ0v) is 18.7. The number of aromatic nitrogens is 1. The van der Waals surface area contributed by atoms with Crippen molar-refractivity contribution < 1.29 is 9.53 Å². The van der Waals surface area contributed by atoms with Gasteiger partial charge in [-0.25, -0.2) is 5.43 Å². The van der Waals surface area contributed by atoms with Gasteiger partial charge in [0.1, 0.15) is 5.75 Å². The van der Waals surface area contributed by atoms with Gasteiger partial charge in [0.05, 0.1) is 6.21 Å². The maximum absolute atomic E-state index is 12.5. The van der Waals surface area contributed by atoms with Gasteiger partial charge in [0.15, 0.2) is 6.10 Å². The van der Waals surface area contributed by atoms with Gasteiger partial charge in [-0.1, -0.05) is 54.6 Å². The van der Waals surface area contributed by atoms with Gasteiger partial charge >= 0.3 is 0 Å². The van der Waals surface area contributed by atoms with Crippen molar-refractivity contribution >= 4 is 44.7 Å². The fourth-order valence-electron chi connectivity index (χ4n) is 4.25. The molecule has 0 saturated carbocycles. The summed E-state index contributed by atoms with van der Waals surface area (Å²) < 4.78 is 8.12. The number of hydrogen-bond donors (Lipinski definition) is 1. The van der Waals surface area contributed by atoms with Crippen molar-refractivity contribution in [1.29, 1.82) is 0 Å². The second kappa shape index (κ2) is 8.79. The molecule has 0 aliphatic carbocycles. The molecule has 1 unspecified atom stereocenters. The fraction of sp³-hybridized carbons (Fsp3) is 0.143. The third kappa shape index (κ3) is 4.05. The van der Waals surface area contributed by atoms with Gasteiger partial charge in [0.2, 0.25) is 0 Å². The molecule has 5 nitrogen and oxygen atoms in total. The molecule has 5 heteroatoms. The van der Waals surface area contributed by atoms with Crippen LogP contribution in [-0.2, 0) is 11.3 Å². The largest absolute Gasteiger partial charge is 0.481 e. The Balaban J connectivity index is 1.29. The number of fused-ring (bicyclic) bond motifs is 4. The molecule has 4 aromatic carbocycles. The van der Waals surface area contributed by atoms with Crippen molar-refractivity contribution in [2.45, 2.75) is 26.5 Å². The number of hydrogen-bond acceptors (Lipinski definition) is 3. The summed E-state index contributed by atoms with van der Waals surface area (Å²) in [5.74, 6) is 0.348. The van der Waals surface area contributed by atoms with Gasteiger partial charge in [-0.2, -0.15) is 5.10 Å². The highest BCUT2D eigenvalue weighted by molar-refractivity contribution is 6.09. The number of carbonyl (C=O) groups is 1. The van der Waals surface area contributed by atoms with Crippen LogP contribution in [-0.4, -0.2) is 22.8 Å². The van der Waals surface area contributed by atoms with E-state index >= 15 is 0 Å². The lowest BCUT2D eigenvalue weighted by Crippen LogP contribution is -2.33. The Morgan fingerprint density at radius 3 is 2.55 bits per heavy atom. The van der Waals surface area contributed by atoms with E-state index in [9.17, 15) is 4.79 Å². The number of para-hydroxylation sites is 1. The topological polar surface area (TPSA) is 55.6 Å². The van der Waals surface area contributed by atoms with Crippen molar-refractivity contribution in [2.24, 2.45) is 5.10 Å². The van der Waals surface area contributed by atoms with Crippen molar-refractivity contribution in [2.75, 3.05) is 0 Å². The molecule has 1 N–H and O–H groups in total. The molecule has 0 aliphatic rings. The van der Waals surface area contributed by atoms with Gasteiger partial charge in [0, 0.05) is 28.4 Å². The first-order valence-electron chi connectivity index (χ1n) is 11.1. The molecule has 0 fully saturated rings. The predicted molar refractivity (Wildman–Crippen MR) is 135 cm³/mol. The average molecular weight is 436 g/mol. The molecule has 1 amide bonds. The molecule has 5 aromatic rings. The molecule has 164 valence electrons. The van der Waals surface area contributed by atoms with Crippen LogP contribution in [0, 0.1) is 0 Å². The van der Waals surface area contributed by atoms with Crippen molar-refractivity contribution in [3.05, 3.63) is 90.5 Å². The Labute approximate surface area is 192 Å². The number of hydrazone groups is 1. The average Bonchev–Trinajstić information content (AvgIpc) is 3.17. The Morgan fingerprint density at radius 1 is 0.939 bits per heavy atom. The van der Waals surface area contributed by atoms with Gasteiger partial charge in [-0.15, -0.1) is 0 Å². The summed E-state index contributed by atoms with van der Waals surface area (Å²) in [5.41, 5.74) is 5.92. The highest BCUT2D eigenvalue weighted by atomic mass is 16.5. The molecular weight excluding hydrogens is 410 g/mol. The molecule has 0 aliphatic heterocycles. The third-order valence-corrected chi connectivity index (χ3v) is 5.90. The summed E-state index contributed by atoms with van der Waals surface area (Å²) in [6, 6.07) is 28.5. The molecule has 33 heavy (non-hydrogen) atoms. The van der Waals surface area contributed by atoms with Crippen LogP contribution >= 0.6 is 0 Å². The molecule has 1 atom stereocenters. The smallest absolute Gasteiger partial charge is 0.280 e. The van der Waals surface area contributed by atoms with Crippen LogP contribution in [0.25, 0.3) is 32.6 Å². The Morgan fingerprint density at radius 2 is 1.70 bits per heavy atom. The minimum absolute atomic E-state index is 0.303. The van der Waals surface area contributed by atoms with E-state index in [1.807, 2.05) is 48.5 Å². The normalized spacial score (nSPS) is 12.5. The second-order valence-corrected chi connectivity index (χ2v) is 8.04. The van der Waals surface area contributed by atoms with Gasteiger partial charge < -0.3 is 9.30 Å². The number of amides is 1. The second-order valence-electron chi connectivity index (χ2n) is 8.04. The lowest BCUT2D eigenvalue weighted by Gasteiger charge is -2.13. The van der Waals surface area contributed by atoms with Gasteiger partial charge in [0.25, 0.3) is 5.91 Å². The van der Waals surface area contributed by atoms with E-state index in [0.717, 1.165) is 22.9 Å². The lowest BCUT2D eigenvalue weighted by molar-refractivity contribution is -0.127. The summed E-state index contributed by atoms with van der Waals surface area (Å²) in [7, 11) is 0. The zero-order chi connectivity index (χ0) is 22.8. The van der Waals surface area contributed by atoms with E-state index in [-0.39, 0.29) is 5.91 Å². The zero-order valence-electron chi connectivity index (χ0n) is 18.7. The number of ether oxygens (including phenoxy) is 1. The summed E-state index contributed by atoms with van der Waals surface area (Å²) >= 11 is 0. The Bertz CT molecular complexity index is 1500. The Kier molecular flexibility index (Phi) is 5.53. The molecule has 1 aromatic heterocycles. The molecular formula is C28H25N3O2. The van der Waals surface area contributed by atoms with Crippen LogP contribution in [0.2, 0.25) is 0 Å². The fourth-order valence-corrected chi connectivity index (χ4v) is 4.25. The molecule has 0 bridgehead atoms. The maximum atomic E-state index is 12.5. The lowest BCUT2D eigenvalue weighted by atomic mass is 10.1. The van der Waals surface area contributed by atoms with Crippen molar-refractivity contribution in [1.82, 2.24) is 9.99 Å². The van der Waals surface area contributed by atoms with Gasteiger partial charge in [-0.05, 0) is 60.5 Å². The molecule has 5 rings (SSSR count). The van der Waals surface area contributed by atoms with Crippen LogP contribution in [0.15, 0.2) is 90.0 Å². The van der Waals surface area contributed by atoms with Crippen LogP contribution in [0.4, 0.5) is 0 Å². The maximum Gasteiger partial charge on any atom is 0.280 e. The first kappa shape index (κ1) is 20.8. The minimum Gasteiger partial charge on any atom is -0.481 e. The highest BCUT2D eigenvalue weighted by Crippen LogP contribution is 2.29. The highest BCUT2D eigenvalue weighted by Gasteiger charge is 2.14. The number of nitrogens with one attached hydrogen (secondary N) is 1. The van der Waals surface area contributed by atoms with E-state index in [2.05, 4.69) is 58.4 Å². The van der Waals surface area contributed by atoms with E-state index in [0.29, 0.717) is 5.75 Å². The first-order valence-corrected chi connectivity index (χ1v) is 11.1. The monoisotopic (exact) mass is 435 g/mol. The first-order chi connectivity index (χ1) is 16.1. The number of benzene rings is 4. The Hall–Kier alpha value is -4.12. The van der Waals surface area contributed by atoms with E-state index in [1.165, 1.54) is 21.8 Å². The summed E-state index contributed by atoms with van der Waals surface area (Å²) in [6.07, 6.45) is 0.992. The quantitative estimate of drug-likeness (QED) is 0.267. The van der Waals surface area contributed by atoms with Crippen molar-refractivity contribution in [3.63, 3.8) is 0 Å². The standard InChI is InChI=1S/C28H25N3O2/c1-3-31-26-11-7-6-10-24(26)25-16-20(12-15-27(25)31)18-29-30-28(32)19(2)33-23-14-13-21-8-4-5-9-22(21)17-23/h4-19H,3H2,1-2H3,(H,30,32). The van der Waals surface area contributed by atoms with Gasteiger partial charge in [-0.3, -0.25) is 4.79 Å². The summed E-state index contributed by atoms with van der Waals surface area (Å²) in [6.45, 7) is 4.77. The molecule has 1 heterocycles. The minimum atomic E-state index is -0.673. The van der Waals surface area contributed by atoms with Crippen LogP contribution in [0.1, 0.15) is 19.4 Å². The van der Waals surface area contributed by atoms with Crippen molar-refractivity contribution in [3.8, 4) is 5.75 Å². The number of carbonyl (C=O) groups excluding carboxylic acids is 1. The van der Waals surface area contributed by atoms with Crippen LogP contribution in [0.3, 0.4) is 0 Å². The number of aryl methyl sites for hydroxylation is 1. The molecule has 0 saturated heterocycles. The SMILES string of the molecule is CCn1c2ccccc2c2cc(C=NNC(=O)C(C)Oc3ccc4ccccc4c3)ccc21. The van der Waals surface area contributed by atoms with E-state index < -0.39 is 6.10 Å². The van der Waals surface area contributed by atoms with Crippen LogP contribution in [0.5, 0.6) is 5.75 Å². The number of rotatable bonds is 6. The summed E-state index contributed by atoms with van der Waals surface area (Å²) in [4.78, 5) is 12.5. The molecule has 0 spiro atoms. The van der Waals surface area contributed by atoms with Crippen LogP contribution < -0.4 is 10.2 Å².